The van der Waals surface area contributed by atoms with Gasteiger partial charge in [0.25, 0.3) is 0 Å². The van der Waals surface area contributed by atoms with Crippen molar-refractivity contribution in [2.45, 2.75) is 51.0 Å². The molecule has 3 heteroatoms. The van der Waals surface area contributed by atoms with E-state index in [1.807, 2.05) is 18.2 Å². The number of carbonyl (C=O) groups is 1. The summed E-state index contributed by atoms with van der Waals surface area (Å²) in [6, 6.07) is 10.2. The lowest BCUT2D eigenvalue weighted by Crippen LogP contribution is -2.42. The van der Waals surface area contributed by atoms with Crippen molar-refractivity contribution in [1.82, 2.24) is 0 Å². The molecular formula is C15H23NO2. The summed E-state index contributed by atoms with van der Waals surface area (Å²) >= 11 is 0. The second kappa shape index (κ2) is 7.17. The van der Waals surface area contributed by atoms with Gasteiger partial charge in [0.1, 0.15) is 0 Å². The Labute approximate surface area is 109 Å². The number of nitrogens with two attached hydrogens (primary N) is 1. The highest BCUT2D eigenvalue weighted by Gasteiger charge is 2.24. The summed E-state index contributed by atoms with van der Waals surface area (Å²) in [5.41, 5.74) is 7.39. The largest absolute Gasteiger partial charge is 0.481 e. The van der Waals surface area contributed by atoms with Crippen LogP contribution in [-0.4, -0.2) is 16.6 Å². The van der Waals surface area contributed by atoms with Gasteiger partial charge in [0.05, 0.1) is 0 Å². The van der Waals surface area contributed by atoms with E-state index < -0.39 is 5.97 Å². The molecule has 18 heavy (non-hydrogen) atoms. The lowest BCUT2D eigenvalue weighted by atomic mass is 9.83. The van der Waals surface area contributed by atoms with Crippen LogP contribution in [0.15, 0.2) is 30.3 Å². The molecular weight excluding hydrogens is 226 g/mol. The number of carboxylic acids is 1. The third-order valence-corrected chi connectivity index (χ3v) is 3.21. The zero-order valence-electron chi connectivity index (χ0n) is 11.1. The van der Waals surface area contributed by atoms with Crippen molar-refractivity contribution in [2.75, 3.05) is 0 Å². The lowest BCUT2D eigenvalue weighted by Gasteiger charge is -2.29. The first-order valence-corrected chi connectivity index (χ1v) is 6.60. The Morgan fingerprint density at radius 3 is 2.50 bits per heavy atom. The number of benzene rings is 1. The molecule has 1 rings (SSSR count). The fourth-order valence-electron chi connectivity index (χ4n) is 2.39. The Balaban J connectivity index is 2.59. The van der Waals surface area contributed by atoms with Gasteiger partial charge in [-0.1, -0.05) is 43.7 Å². The number of rotatable bonds is 8. The molecule has 100 valence electrons. The summed E-state index contributed by atoms with van der Waals surface area (Å²) in [6.45, 7) is 2.11. The van der Waals surface area contributed by atoms with Crippen molar-refractivity contribution in [2.24, 2.45) is 5.73 Å². The molecule has 0 aromatic heterocycles. The van der Waals surface area contributed by atoms with Crippen LogP contribution in [0.3, 0.4) is 0 Å². The molecule has 0 aliphatic heterocycles. The summed E-state index contributed by atoms with van der Waals surface area (Å²) < 4.78 is 0. The topological polar surface area (TPSA) is 63.3 Å². The summed E-state index contributed by atoms with van der Waals surface area (Å²) in [6.07, 6.45) is 4.40. The van der Waals surface area contributed by atoms with Crippen LogP contribution in [-0.2, 0) is 11.2 Å². The smallest absolute Gasteiger partial charge is 0.303 e. The average molecular weight is 249 g/mol. The van der Waals surface area contributed by atoms with E-state index in [4.69, 9.17) is 10.8 Å². The third kappa shape index (κ3) is 5.32. The van der Waals surface area contributed by atoms with Crippen LogP contribution in [0.1, 0.15) is 44.6 Å². The molecule has 0 aliphatic rings. The van der Waals surface area contributed by atoms with E-state index in [0.29, 0.717) is 6.42 Å². The molecule has 0 bridgehead atoms. The van der Waals surface area contributed by atoms with E-state index in [9.17, 15) is 4.79 Å². The highest BCUT2D eigenvalue weighted by Crippen LogP contribution is 2.22. The molecule has 0 saturated heterocycles. The number of hydrogen-bond donors (Lipinski definition) is 2. The number of aliphatic carboxylic acids is 1. The van der Waals surface area contributed by atoms with Crippen LogP contribution >= 0.6 is 0 Å². The molecule has 1 unspecified atom stereocenters. The van der Waals surface area contributed by atoms with Crippen molar-refractivity contribution in [3.63, 3.8) is 0 Å². The zero-order valence-corrected chi connectivity index (χ0v) is 11.1. The van der Waals surface area contributed by atoms with Crippen LogP contribution in [0, 0.1) is 0 Å². The molecule has 3 N–H and O–H groups in total. The summed E-state index contributed by atoms with van der Waals surface area (Å²) in [5.74, 6) is -0.742. The van der Waals surface area contributed by atoms with Crippen LogP contribution in [0.25, 0.3) is 0 Å². The van der Waals surface area contributed by atoms with Gasteiger partial charge in [-0.3, -0.25) is 4.79 Å². The first kappa shape index (κ1) is 14.7. The van der Waals surface area contributed by atoms with Gasteiger partial charge in [0.15, 0.2) is 0 Å². The van der Waals surface area contributed by atoms with Gasteiger partial charge >= 0.3 is 5.97 Å². The molecule has 0 fully saturated rings. The van der Waals surface area contributed by atoms with Gasteiger partial charge in [0, 0.05) is 12.0 Å². The first-order chi connectivity index (χ1) is 8.56. The van der Waals surface area contributed by atoms with Gasteiger partial charge in [-0.25, -0.2) is 0 Å². The van der Waals surface area contributed by atoms with Crippen molar-refractivity contribution >= 4 is 5.97 Å². The molecule has 0 amide bonds. The predicted octanol–water partition coefficient (Wildman–Crippen LogP) is 2.98. The van der Waals surface area contributed by atoms with Crippen LogP contribution in [0.5, 0.6) is 0 Å². The highest BCUT2D eigenvalue weighted by atomic mass is 16.4. The summed E-state index contributed by atoms with van der Waals surface area (Å²) in [5, 5.41) is 8.69. The molecule has 0 aliphatic carbocycles. The molecule has 1 aromatic rings. The fourth-order valence-corrected chi connectivity index (χ4v) is 2.39. The Morgan fingerprint density at radius 1 is 1.28 bits per heavy atom. The van der Waals surface area contributed by atoms with Gasteiger partial charge in [-0.05, 0) is 31.2 Å². The molecule has 0 saturated carbocycles. The van der Waals surface area contributed by atoms with Gasteiger partial charge in [-0.15, -0.1) is 0 Å². The van der Waals surface area contributed by atoms with Gasteiger partial charge < -0.3 is 10.8 Å². The fraction of sp³-hybridized carbons (Fsp3) is 0.533. The van der Waals surface area contributed by atoms with Crippen LogP contribution in [0.4, 0.5) is 0 Å². The van der Waals surface area contributed by atoms with E-state index in [-0.39, 0.29) is 12.0 Å². The van der Waals surface area contributed by atoms with Crippen molar-refractivity contribution in [1.29, 1.82) is 0 Å². The first-order valence-electron chi connectivity index (χ1n) is 6.60. The SMILES string of the molecule is CCCC(N)(CCCC(=O)O)Cc1ccccc1. The Hall–Kier alpha value is -1.35. The molecule has 0 radical (unpaired) electrons. The van der Waals surface area contributed by atoms with Crippen LogP contribution in [0.2, 0.25) is 0 Å². The number of hydrogen-bond acceptors (Lipinski definition) is 2. The van der Waals surface area contributed by atoms with E-state index in [2.05, 4.69) is 19.1 Å². The monoisotopic (exact) mass is 249 g/mol. The second-order valence-electron chi connectivity index (χ2n) is 5.02. The third-order valence-electron chi connectivity index (χ3n) is 3.21. The molecule has 1 atom stereocenters. The highest BCUT2D eigenvalue weighted by molar-refractivity contribution is 5.66. The minimum Gasteiger partial charge on any atom is -0.481 e. The summed E-state index contributed by atoms with van der Waals surface area (Å²) in [7, 11) is 0. The Bertz CT molecular complexity index is 364. The van der Waals surface area contributed by atoms with Gasteiger partial charge in [-0.2, -0.15) is 0 Å². The van der Waals surface area contributed by atoms with E-state index in [1.54, 1.807) is 0 Å². The maximum absolute atomic E-state index is 10.6. The zero-order chi connectivity index (χ0) is 13.4. The molecule has 0 heterocycles. The molecule has 3 nitrogen and oxygen atoms in total. The standard InChI is InChI=1S/C15H23NO2/c1-2-10-15(16,11-6-9-14(17)18)12-13-7-4-3-5-8-13/h3-5,7-8H,2,6,9-12,16H2,1H3,(H,17,18). The molecule has 0 spiro atoms. The van der Waals surface area contributed by atoms with Gasteiger partial charge in [0.2, 0.25) is 0 Å². The Kier molecular flexibility index (Phi) is 5.86. The van der Waals surface area contributed by atoms with Crippen molar-refractivity contribution < 1.29 is 9.90 Å². The summed E-state index contributed by atoms with van der Waals surface area (Å²) in [4.78, 5) is 10.6. The maximum atomic E-state index is 10.6. The minimum absolute atomic E-state index is 0.206. The van der Waals surface area contributed by atoms with E-state index >= 15 is 0 Å². The van der Waals surface area contributed by atoms with Crippen molar-refractivity contribution in [3.8, 4) is 0 Å². The molecule has 1 aromatic carbocycles. The number of carboxylic acid groups (broad SMARTS) is 1. The average Bonchev–Trinajstić information content (AvgIpc) is 2.29. The minimum atomic E-state index is -0.742. The maximum Gasteiger partial charge on any atom is 0.303 e. The quantitative estimate of drug-likeness (QED) is 0.744. The Morgan fingerprint density at radius 2 is 1.94 bits per heavy atom. The van der Waals surface area contributed by atoms with E-state index in [1.165, 1.54) is 5.56 Å². The normalized spacial score (nSPS) is 14.1. The van der Waals surface area contributed by atoms with E-state index in [0.717, 1.165) is 25.7 Å². The predicted molar refractivity (Wildman–Crippen MR) is 73.5 cm³/mol. The lowest BCUT2D eigenvalue weighted by molar-refractivity contribution is -0.137. The van der Waals surface area contributed by atoms with Crippen molar-refractivity contribution in [3.05, 3.63) is 35.9 Å². The second-order valence-corrected chi connectivity index (χ2v) is 5.02. The van der Waals surface area contributed by atoms with Crippen LogP contribution < -0.4 is 5.73 Å².